The molecule has 0 saturated carbocycles. The van der Waals surface area contributed by atoms with Crippen molar-refractivity contribution in [2.45, 2.75) is 44.8 Å². The second kappa shape index (κ2) is 6.52. The van der Waals surface area contributed by atoms with Crippen molar-refractivity contribution < 1.29 is 13.2 Å². The second-order valence-electron chi connectivity index (χ2n) is 5.59. The molecule has 1 aliphatic rings. The van der Waals surface area contributed by atoms with Gasteiger partial charge in [0.05, 0.1) is 0 Å². The number of hydrogen-bond acceptors (Lipinski definition) is 4. The average molecular weight is 322 g/mol. The predicted molar refractivity (Wildman–Crippen MR) is 79.9 cm³/mol. The van der Waals surface area contributed by atoms with Gasteiger partial charge < -0.3 is 5.32 Å². The van der Waals surface area contributed by atoms with Crippen LogP contribution in [0.15, 0.2) is 24.5 Å². The van der Waals surface area contributed by atoms with Gasteiger partial charge in [0.15, 0.2) is 5.69 Å². The molecule has 122 valence electrons. The molecule has 4 nitrogen and oxygen atoms in total. The summed E-state index contributed by atoms with van der Waals surface area (Å²) in [5.74, 6) is 0.0295. The molecular formula is C16H17F3N4. The zero-order valence-corrected chi connectivity index (χ0v) is 12.5. The van der Waals surface area contributed by atoms with E-state index in [0.717, 1.165) is 24.8 Å². The molecule has 7 heteroatoms. The van der Waals surface area contributed by atoms with Crippen molar-refractivity contribution in [1.82, 2.24) is 15.0 Å². The number of halogens is 3. The van der Waals surface area contributed by atoms with Crippen molar-refractivity contribution in [3.8, 4) is 0 Å². The van der Waals surface area contributed by atoms with Crippen LogP contribution in [0.4, 0.5) is 19.1 Å². The van der Waals surface area contributed by atoms with Gasteiger partial charge in [-0.1, -0.05) is 12.5 Å². The van der Waals surface area contributed by atoms with Gasteiger partial charge in [0, 0.05) is 30.2 Å². The van der Waals surface area contributed by atoms with Gasteiger partial charge in [-0.3, -0.25) is 4.98 Å². The van der Waals surface area contributed by atoms with E-state index in [1.54, 1.807) is 18.5 Å². The van der Waals surface area contributed by atoms with Gasteiger partial charge >= 0.3 is 6.18 Å². The van der Waals surface area contributed by atoms with Crippen LogP contribution in [0, 0.1) is 0 Å². The van der Waals surface area contributed by atoms with Crippen molar-refractivity contribution in [2.75, 3.05) is 5.32 Å². The molecule has 0 amide bonds. The summed E-state index contributed by atoms with van der Waals surface area (Å²) < 4.78 is 40.0. The number of fused-ring (bicyclic) bond motifs is 1. The molecule has 0 saturated heterocycles. The summed E-state index contributed by atoms with van der Waals surface area (Å²) in [6.07, 6.45) is 2.35. The highest BCUT2D eigenvalue weighted by Crippen LogP contribution is 2.34. The second-order valence-corrected chi connectivity index (χ2v) is 5.59. The van der Waals surface area contributed by atoms with Gasteiger partial charge in [0.25, 0.3) is 0 Å². The fourth-order valence-electron chi connectivity index (χ4n) is 2.77. The Hall–Kier alpha value is -2.18. The normalized spacial score (nSPS) is 14.9. The monoisotopic (exact) mass is 322 g/mol. The minimum atomic E-state index is -4.46. The molecule has 0 spiro atoms. The summed E-state index contributed by atoms with van der Waals surface area (Å²) in [7, 11) is 0. The van der Waals surface area contributed by atoms with E-state index in [1.165, 1.54) is 0 Å². The molecule has 3 rings (SSSR count). The SMILES string of the molecule is FC(F)(F)c1nc(NCc2cccnc2)nc2c1CCCCC2. The zero-order chi connectivity index (χ0) is 16.3. The molecule has 0 aliphatic heterocycles. The number of nitrogens with zero attached hydrogens (tertiary/aromatic N) is 3. The highest BCUT2D eigenvalue weighted by Gasteiger charge is 2.37. The highest BCUT2D eigenvalue weighted by atomic mass is 19.4. The van der Waals surface area contributed by atoms with E-state index >= 15 is 0 Å². The van der Waals surface area contributed by atoms with Gasteiger partial charge in [0.1, 0.15) is 0 Å². The van der Waals surface area contributed by atoms with E-state index in [2.05, 4.69) is 20.3 Å². The Labute approximate surface area is 132 Å². The maximum absolute atomic E-state index is 13.3. The summed E-state index contributed by atoms with van der Waals surface area (Å²) in [6.45, 7) is 0.337. The van der Waals surface area contributed by atoms with Crippen LogP contribution in [-0.4, -0.2) is 15.0 Å². The maximum Gasteiger partial charge on any atom is 0.433 e. The van der Waals surface area contributed by atoms with Gasteiger partial charge in [0.2, 0.25) is 5.95 Å². The van der Waals surface area contributed by atoms with Gasteiger partial charge in [-0.15, -0.1) is 0 Å². The lowest BCUT2D eigenvalue weighted by Gasteiger charge is -2.16. The van der Waals surface area contributed by atoms with Crippen molar-refractivity contribution in [3.05, 3.63) is 47.0 Å². The number of aromatic nitrogens is 3. The number of anilines is 1. The first kappa shape index (κ1) is 15.7. The fourth-order valence-corrected chi connectivity index (χ4v) is 2.77. The third-order valence-electron chi connectivity index (χ3n) is 3.88. The summed E-state index contributed by atoms with van der Waals surface area (Å²) in [5.41, 5.74) is 0.859. The summed E-state index contributed by atoms with van der Waals surface area (Å²) in [6, 6.07) is 3.62. The fraction of sp³-hybridized carbons (Fsp3) is 0.438. The molecule has 0 unspecified atom stereocenters. The summed E-state index contributed by atoms with van der Waals surface area (Å²) in [4.78, 5) is 12.0. The number of rotatable bonds is 3. The molecule has 2 aromatic rings. The summed E-state index contributed by atoms with van der Waals surface area (Å²) >= 11 is 0. The van der Waals surface area contributed by atoms with Crippen LogP contribution < -0.4 is 5.32 Å². The topological polar surface area (TPSA) is 50.7 Å². The molecule has 0 atom stereocenters. The van der Waals surface area contributed by atoms with Crippen LogP contribution in [0.5, 0.6) is 0 Å². The van der Waals surface area contributed by atoms with Crippen LogP contribution >= 0.6 is 0 Å². The largest absolute Gasteiger partial charge is 0.433 e. The van der Waals surface area contributed by atoms with E-state index in [0.29, 0.717) is 25.1 Å². The number of nitrogens with one attached hydrogen (secondary N) is 1. The Morgan fingerprint density at radius 2 is 1.91 bits per heavy atom. The van der Waals surface area contributed by atoms with Crippen LogP contribution in [0.1, 0.15) is 41.8 Å². The Morgan fingerprint density at radius 3 is 2.65 bits per heavy atom. The van der Waals surface area contributed by atoms with Crippen molar-refractivity contribution >= 4 is 5.95 Å². The maximum atomic E-state index is 13.3. The van der Waals surface area contributed by atoms with E-state index in [9.17, 15) is 13.2 Å². The minimum absolute atomic E-state index is 0.0295. The van der Waals surface area contributed by atoms with E-state index in [1.807, 2.05) is 6.07 Å². The molecule has 2 aromatic heterocycles. The lowest BCUT2D eigenvalue weighted by molar-refractivity contribution is -0.141. The van der Waals surface area contributed by atoms with Gasteiger partial charge in [-0.2, -0.15) is 13.2 Å². The molecule has 1 aliphatic carbocycles. The molecule has 1 N–H and O–H groups in total. The van der Waals surface area contributed by atoms with Crippen LogP contribution in [0.25, 0.3) is 0 Å². The van der Waals surface area contributed by atoms with E-state index in [4.69, 9.17) is 0 Å². The van der Waals surface area contributed by atoms with Gasteiger partial charge in [-0.25, -0.2) is 9.97 Å². The third-order valence-corrected chi connectivity index (χ3v) is 3.88. The molecule has 0 bridgehead atoms. The van der Waals surface area contributed by atoms with Crippen LogP contribution in [-0.2, 0) is 25.6 Å². The number of pyridine rings is 1. The number of hydrogen-bond donors (Lipinski definition) is 1. The predicted octanol–water partition coefficient (Wildman–Crippen LogP) is 3.77. The first-order valence-corrected chi connectivity index (χ1v) is 7.64. The Balaban J connectivity index is 1.90. The number of alkyl halides is 3. The Kier molecular flexibility index (Phi) is 4.45. The lowest BCUT2D eigenvalue weighted by Crippen LogP contribution is -2.17. The number of aryl methyl sites for hydroxylation is 1. The first-order valence-electron chi connectivity index (χ1n) is 7.64. The van der Waals surface area contributed by atoms with Crippen molar-refractivity contribution in [3.63, 3.8) is 0 Å². The quantitative estimate of drug-likeness (QED) is 0.874. The molecule has 0 fully saturated rings. The molecular weight excluding hydrogens is 305 g/mol. The molecule has 0 radical (unpaired) electrons. The third kappa shape index (κ3) is 3.78. The van der Waals surface area contributed by atoms with E-state index in [-0.39, 0.29) is 11.5 Å². The Morgan fingerprint density at radius 1 is 1.09 bits per heavy atom. The van der Waals surface area contributed by atoms with Crippen LogP contribution in [0.3, 0.4) is 0 Å². The zero-order valence-electron chi connectivity index (χ0n) is 12.5. The summed E-state index contributed by atoms with van der Waals surface area (Å²) in [5, 5.41) is 2.88. The van der Waals surface area contributed by atoms with Gasteiger partial charge in [-0.05, 0) is 37.3 Å². The molecule has 2 heterocycles. The smallest absolute Gasteiger partial charge is 0.350 e. The van der Waals surface area contributed by atoms with Crippen LogP contribution in [0.2, 0.25) is 0 Å². The van der Waals surface area contributed by atoms with Crippen molar-refractivity contribution in [2.24, 2.45) is 0 Å². The minimum Gasteiger partial charge on any atom is -0.350 e. The molecule has 23 heavy (non-hydrogen) atoms. The average Bonchev–Trinajstić information content (AvgIpc) is 2.77. The first-order chi connectivity index (χ1) is 11.0. The standard InChI is InChI=1S/C16H17F3N4/c17-16(18,19)14-12-6-2-1-3-7-13(12)22-15(23-14)21-10-11-5-4-8-20-9-11/h4-5,8-9H,1-3,6-7,10H2,(H,21,22,23). The highest BCUT2D eigenvalue weighted by molar-refractivity contribution is 5.37. The lowest BCUT2D eigenvalue weighted by atomic mass is 10.1. The van der Waals surface area contributed by atoms with Crippen molar-refractivity contribution in [1.29, 1.82) is 0 Å². The Bertz CT molecular complexity index is 671. The molecule has 0 aromatic carbocycles. The van der Waals surface area contributed by atoms with E-state index < -0.39 is 11.9 Å².